The number of carboxylic acid groups (broad SMARTS) is 1. The van der Waals surface area contributed by atoms with Gasteiger partial charge in [-0.2, -0.15) is 18.3 Å². The number of hydrogen-bond donors (Lipinski definition) is 1. The number of carbonyl (C=O) groups excluding carboxylic acids is 1. The molecule has 32 heavy (non-hydrogen) atoms. The van der Waals surface area contributed by atoms with Crippen LogP contribution in [0.5, 0.6) is 0 Å². The number of halogens is 3. The van der Waals surface area contributed by atoms with Gasteiger partial charge in [0.25, 0.3) is 5.91 Å². The number of carboxylic acids is 1. The molecule has 1 unspecified atom stereocenters. The van der Waals surface area contributed by atoms with Gasteiger partial charge in [-0.15, -0.1) is 5.10 Å². The summed E-state index contributed by atoms with van der Waals surface area (Å²) >= 11 is 0. The number of aliphatic carboxylic acids is 1. The monoisotopic (exact) mass is 451 g/mol. The van der Waals surface area contributed by atoms with E-state index in [4.69, 9.17) is 9.90 Å². The maximum absolute atomic E-state index is 12.8. The van der Waals surface area contributed by atoms with E-state index in [1.807, 2.05) is 36.1 Å². The van der Waals surface area contributed by atoms with E-state index in [1.165, 1.54) is 6.42 Å². The number of amides is 1. The minimum absolute atomic E-state index is 0.0979. The van der Waals surface area contributed by atoms with E-state index in [2.05, 4.69) is 20.1 Å². The average molecular weight is 451 g/mol. The van der Waals surface area contributed by atoms with E-state index < -0.39 is 12.1 Å². The zero-order valence-corrected chi connectivity index (χ0v) is 17.5. The summed E-state index contributed by atoms with van der Waals surface area (Å²) < 4.78 is 31.7. The zero-order valence-electron chi connectivity index (χ0n) is 17.5. The molecule has 2 aromatic rings. The summed E-state index contributed by atoms with van der Waals surface area (Å²) in [5.41, 5.74) is 1.78. The fraction of sp³-hybridized carbons (Fsp3) is 0.476. The first-order valence-corrected chi connectivity index (χ1v) is 10.1. The van der Waals surface area contributed by atoms with Crippen LogP contribution >= 0.6 is 0 Å². The second-order valence-corrected chi connectivity index (χ2v) is 8.08. The predicted molar refractivity (Wildman–Crippen MR) is 109 cm³/mol. The minimum Gasteiger partial charge on any atom is -0.475 e. The molecule has 1 atom stereocenters. The van der Waals surface area contributed by atoms with Crippen molar-refractivity contribution in [1.82, 2.24) is 20.1 Å². The number of carbonyl (C=O) groups is 2. The summed E-state index contributed by atoms with van der Waals surface area (Å²) in [5, 5.41) is 15.6. The Hall–Kier alpha value is -3.24. The van der Waals surface area contributed by atoms with Gasteiger partial charge in [0.15, 0.2) is 5.82 Å². The third kappa shape index (κ3) is 5.71. The Kier molecular flexibility index (Phi) is 6.95. The summed E-state index contributed by atoms with van der Waals surface area (Å²) in [6, 6.07) is 7.72. The molecule has 11 heteroatoms. The fourth-order valence-electron chi connectivity index (χ4n) is 4.08. The molecule has 2 aliphatic rings. The third-order valence-corrected chi connectivity index (χ3v) is 5.65. The first-order chi connectivity index (χ1) is 15.1. The van der Waals surface area contributed by atoms with Crippen molar-refractivity contribution in [2.24, 2.45) is 5.41 Å². The Morgan fingerprint density at radius 3 is 2.44 bits per heavy atom. The number of rotatable bonds is 2. The number of piperidine rings is 1. The van der Waals surface area contributed by atoms with E-state index >= 15 is 0 Å². The van der Waals surface area contributed by atoms with Crippen LogP contribution in [0, 0.1) is 12.3 Å². The molecule has 2 aliphatic heterocycles. The number of alkyl halides is 3. The largest absolute Gasteiger partial charge is 0.490 e. The fourth-order valence-corrected chi connectivity index (χ4v) is 4.08. The molecule has 2 fully saturated rings. The molecular formula is C21H24F3N5O3. The van der Waals surface area contributed by atoms with Gasteiger partial charge in [0.05, 0.1) is 11.3 Å². The second-order valence-electron chi connectivity index (χ2n) is 8.08. The van der Waals surface area contributed by atoms with Crippen LogP contribution in [0.2, 0.25) is 0 Å². The van der Waals surface area contributed by atoms with Crippen LogP contribution in [0.1, 0.15) is 35.3 Å². The minimum atomic E-state index is -5.08. The van der Waals surface area contributed by atoms with Crippen molar-refractivity contribution in [3.63, 3.8) is 0 Å². The van der Waals surface area contributed by atoms with Crippen molar-refractivity contribution >= 4 is 17.7 Å². The highest BCUT2D eigenvalue weighted by atomic mass is 19.4. The van der Waals surface area contributed by atoms with Gasteiger partial charge in [0.1, 0.15) is 0 Å². The van der Waals surface area contributed by atoms with Crippen LogP contribution in [0.25, 0.3) is 0 Å². The summed E-state index contributed by atoms with van der Waals surface area (Å²) in [5.74, 6) is -1.72. The first-order valence-electron chi connectivity index (χ1n) is 10.1. The number of likely N-dealkylation sites (tertiary alicyclic amines) is 1. The van der Waals surface area contributed by atoms with Crippen molar-refractivity contribution in [1.29, 1.82) is 0 Å². The molecule has 0 aromatic carbocycles. The van der Waals surface area contributed by atoms with Gasteiger partial charge in [-0.25, -0.2) is 4.79 Å². The second kappa shape index (κ2) is 9.49. The molecule has 0 aliphatic carbocycles. The van der Waals surface area contributed by atoms with Gasteiger partial charge in [-0.1, -0.05) is 0 Å². The summed E-state index contributed by atoms with van der Waals surface area (Å²) in [6.07, 6.45) is 1.59. The molecule has 1 spiro atoms. The van der Waals surface area contributed by atoms with Crippen molar-refractivity contribution in [3.8, 4) is 0 Å². The summed E-state index contributed by atoms with van der Waals surface area (Å²) in [6.45, 7) is 5.52. The Bertz CT molecular complexity index is 940. The van der Waals surface area contributed by atoms with Crippen LogP contribution in [-0.2, 0) is 4.79 Å². The van der Waals surface area contributed by atoms with Crippen molar-refractivity contribution < 1.29 is 27.9 Å². The molecule has 1 amide bonds. The van der Waals surface area contributed by atoms with Gasteiger partial charge in [-0.3, -0.25) is 9.78 Å². The number of pyridine rings is 1. The number of nitrogens with zero attached hydrogens (tertiary/aromatic N) is 5. The lowest BCUT2D eigenvalue weighted by Gasteiger charge is -2.40. The van der Waals surface area contributed by atoms with Crippen LogP contribution in [0.3, 0.4) is 0 Å². The van der Waals surface area contributed by atoms with Crippen LogP contribution in [-0.4, -0.2) is 69.4 Å². The summed E-state index contributed by atoms with van der Waals surface area (Å²) in [4.78, 5) is 30.1. The highest BCUT2D eigenvalue weighted by Crippen LogP contribution is 2.40. The first kappa shape index (κ1) is 23.4. The molecule has 4 rings (SSSR count). The van der Waals surface area contributed by atoms with E-state index in [1.54, 1.807) is 12.4 Å². The lowest BCUT2D eigenvalue weighted by Crippen LogP contribution is -2.47. The summed E-state index contributed by atoms with van der Waals surface area (Å²) in [7, 11) is 0. The van der Waals surface area contributed by atoms with Crippen LogP contribution in [0.15, 0.2) is 36.7 Å². The SMILES string of the molecule is Cc1ccc(N2CCC3(CCCN(C(=O)c4cccnc4)C3)C2)nn1.O=C(O)C(F)(F)F. The molecule has 4 heterocycles. The molecule has 2 aromatic heterocycles. The lowest BCUT2D eigenvalue weighted by atomic mass is 9.79. The quantitative estimate of drug-likeness (QED) is 0.749. The van der Waals surface area contributed by atoms with Gasteiger partial charge < -0.3 is 14.9 Å². The topological polar surface area (TPSA) is 99.5 Å². The standard InChI is InChI=1S/C19H23N5O.C2HF3O2/c1-15-5-6-17(22-21-15)23-11-8-19(13-23)7-3-10-24(14-19)18(25)16-4-2-9-20-12-16;3-2(4,5)1(6)7/h2,4-6,9,12H,3,7-8,10-11,13-14H2,1H3;(H,6,7). The molecule has 172 valence electrons. The molecule has 1 N–H and O–H groups in total. The number of aromatic nitrogens is 3. The molecular weight excluding hydrogens is 427 g/mol. The van der Waals surface area contributed by atoms with Gasteiger partial charge in [0.2, 0.25) is 0 Å². The molecule has 0 saturated carbocycles. The van der Waals surface area contributed by atoms with Crippen LogP contribution in [0.4, 0.5) is 19.0 Å². The Morgan fingerprint density at radius 1 is 1.09 bits per heavy atom. The Morgan fingerprint density at radius 2 is 1.84 bits per heavy atom. The maximum atomic E-state index is 12.8. The highest BCUT2D eigenvalue weighted by molar-refractivity contribution is 5.94. The number of aryl methyl sites for hydroxylation is 1. The number of anilines is 1. The molecule has 0 bridgehead atoms. The number of hydrogen-bond acceptors (Lipinski definition) is 6. The van der Waals surface area contributed by atoms with Gasteiger partial charge >= 0.3 is 12.1 Å². The molecule has 2 saturated heterocycles. The van der Waals surface area contributed by atoms with Gasteiger partial charge in [0, 0.05) is 44.0 Å². The van der Waals surface area contributed by atoms with E-state index in [-0.39, 0.29) is 11.3 Å². The maximum Gasteiger partial charge on any atom is 0.490 e. The average Bonchev–Trinajstić information content (AvgIpc) is 3.17. The van der Waals surface area contributed by atoms with Gasteiger partial charge in [-0.05, 0) is 50.5 Å². The van der Waals surface area contributed by atoms with Crippen molar-refractivity contribution in [2.45, 2.75) is 32.4 Å². The Labute approximate surface area is 183 Å². The van der Waals surface area contributed by atoms with Crippen molar-refractivity contribution in [2.75, 3.05) is 31.1 Å². The molecule has 8 nitrogen and oxygen atoms in total. The normalized spacial score (nSPS) is 20.6. The molecule has 0 radical (unpaired) electrons. The predicted octanol–water partition coefficient (Wildman–Crippen LogP) is 2.95. The Balaban J connectivity index is 0.000000360. The zero-order chi connectivity index (χ0) is 23.4. The van der Waals surface area contributed by atoms with Crippen LogP contribution < -0.4 is 4.90 Å². The van der Waals surface area contributed by atoms with Crippen molar-refractivity contribution in [3.05, 3.63) is 47.9 Å². The third-order valence-electron chi connectivity index (χ3n) is 5.65. The highest BCUT2D eigenvalue weighted by Gasteiger charge is 2.43. The van der Waals surface area contributed by atoms with E-state index in [0.29, 0.717) is 5.56 Å². The van der Waals surface area contributed by atoms with E-state index in [0.717, 1.165) is 50.5 Å². The van der Waals surface area contributed by atoms with E-state index in [9.17, 15) is 18.0 Å². The lowest BCUT2D eigenvalue weighted by molar-refractivity contribution is -0.192. The smallest absolute Gasteiger partial charge is 0.475 e.